The van der Waals surface area contributed by atoms with E-state index in [1.54, 1.807) is 11.6 Å². The fourth-order valence-electron chi connectivity index (χ4n) is 2.23. The van der Waals surface area contributed by atoms with Crippen LogP contribution in [0.4, 0.5) is 0 Å². The van der Waals surface area contributed by atoms with Gasteiger partial charge in [0.1, 0.15) is 5.82 Å². The van der Waals surface area contributed by atoms with E-state index in [-0.39, 0.29) is 30.5 Å². The fraction of sp³-hybridized carbons (Fsp3) is 0.357. The number of aromatic nitrogens is 3. The number of nitrogens with zero attached hydrogens (tertiary/aromatic N) is 4. The van der Waals surface area contributed by atoms with Crippen LogP contribution >= 0.6 is 0 Å². The van der Waals surface area contributed by atoms with Gasteiger partial charge in [0, 0.05) is 0 Å². The van der Waals surface area contributed by atoms with E-state index in [9.17, 15) is 13.2 Å². The van der Waals surface area contributed by atoms with Crippen molar-refractivity contribution in [2.75, 3.05) is 24.7 Å². The standard InChI is InChI=1S/C14H16N4O4S/c1-11-15-13(16-18(11)12-5-3-2-4-6-12)14(19)17-7-9-23(20,21)10-8-22-17/h2-6H,7-10H2,1H3. The predicted molar refractivity (Wildman–Crippen MR) is 81.7 cm³/mol. The monoisotopic (exact) mass is 336 g/mol. The average molecular weight is 336 g/mol. The molecule has 122 valence electrons. The molecule has 0 bridgehead atoms. The maximum atomic E-state index is 12.4. The minimum absolute atomic E-state index is 0.0225. The number of benzene rings is 1. The summed E-state index contributed by atoms with van der Waals surface area (Å²) in [5.74, 6) is -0.230. The van der Waals surface area contributed by atoms with Crippen LogP contribution in [-0.4, -0.2) is 58.8 Å². The molecule has 0 saturated carbocycles. The molecule has 0 spiro atoms. The second kappa shape index (κ2) is 6.09. The Morgan fingerprint density at radius 2 is 1.96 bits per heavy atom. The van der Waals surface area contributed by atoms with Crippen LogP contribution in [0.3, 0.4) is 0 Å². The van der Waals surface area contributed by atoms with Gasteiger partial charge in [-0.1, -0.05) is 18.2 Å². The quantitative estimate of drug-likeness (QED) is 0.787. The van der Waals surface area contributed by atoms with Gasteiger partial charge >= 0.3 is 5.91 Å². The van der Waals surface area contributed by atoms with Crippen LogP contribution in [0.25, 0.3) is 5.69 Å². The van der Waals surface area contributed by atoms with Crippen molar-refractivity contribution in [3.8, 4) is 5.69 Å². The van der Waals surface area contributed by atoms with Gasteiger partial charge in [-0.15, -0.1) is 5.10 Å². The van der Waals surface area contributed by atoms with Crippen LogP contribution in [0, 0.1) is 6.92 Å². The molecule has 0 radical (unpaired) electrons. The number of amides is 1. The molecule has 8 nitrogen and oxygen atoms in total. The summed E-state index contributed by atoms with van der Waals surface area (Å²) in [6.45, 7) is 1.66. The molecule has 23 heavy (non-hydrogen) atoms. The molecule has 1 amide bonds. The molecule has 0 aliphatic carbocycles. The molecule has 2 aromatic rings. The van der Waals surface area contributed by atoms with E-state index in [0.717, 1.165) is 10.8 Å². The lowest BCUT2D eigenvalue weighted by Crippen LogP contribution is -2.33. The van der Waals surface area contributed by atoms with Crippen LogP contribution in [0.1, 0.15) is 16.4 Å². The highest BCUT2D eigenvalue weighted by Gasteiger charge is 2.27. The molecule has 2 heterocycles. The van der Waals surface area contributed by atoms with Gasteiger partial charge in [0.25, 0.3) is 0 Å². The number of hydroxylamine groups is 2. The third-order valence-corrected chi connectivity index (χ3v) is 5.03. The number of rotatable bonds is 2. The van der Waals surface area contributed by atoms with Gasteiger partial charge in [0.15, 0.2) is 9.84 Å². The van der Waals surface area contributed by atoms with E-state index in [4.69, 9.17) is 4.84 Å². The van der Waals surface area contributed by atoms with Crippen molar-refractivity contribution >= 4 is 15.7 Å². The normalized spacial score (nSPS) is 17.7. The van der Waals surface area contributed by atoms with Gasteiger partial charge in [-0.3, -0.25) is 9.63 Å². The van der Waals surface area contributed by atoms with Crippen LogP contribution in [0.2, 0.25) is 0 Å². The molecule has 9 heteroatoms. The number of hydrogen-bond acceptors (Lipinski definition) is 6. The number of aryl methyl sites for hydroxylation is 1. The van der Waals surface area contributed by atoms with E-state index in [0.29, 0.717) is 5.82 Å². The molecule has 3 rings (SSSR count). The summed E-state index contributed by atoms with van der Waals surface area (Å²) in [6, 6.07) is 9.31. The SMILES string of the molecule is Cc1nc(C(=O)N2CCS(=O)(=O)CCO2)nn1-c1ccccc1. The Morgan fingerprint density at radius 3 is 2.70 bits per heavy atom. The molecule has 1 aromatic carbocycles. The van der Waals surface area contributed by atoms with Gasteiger partial charge in [0.2, 0.25) is 5.82 Å². The molecular weight excluding hydrogens is 320 g/mol. The Bertz CT molecular complexity index is 817. The van der Waals surface area contributed by atoms with Gasteiger partial charge in [-0.25, -0.2) is 23.1 Å². The summed E-state index contributed by atoms with van der Waals surface area (Å²) in [6.07, 6.45) is 0. The second-order valence-corrected chi connectivity index (χ2v) is 7.43. The van der Waals surface area contributed by atoms with Crippen molar-refractivity contribution in [2.24, 2.45) is 0 Å². The third kappa shape index (κ3) is 3.40. The molecule has 1 saturated heterocycles. The van der Waals surface area contributed by atoms with Crippen molar-refractivity contribution in [1.82, 2.24) is 19.8 Å². The highest BCUT2D eigenvalue weighted by atomic mass is 32.2. The summed E-state index contributed by atoms with van der Waals surface area (Å²) in [5.41, 5.74) is 0.788. The Kier molecular flexibility index (Phi) is 4.14. The first-order valence-electron chi connectivity index (χ1n) is 7.10. The van der Waals surface area contributed by atoms with Crippen LogP contribution < -0.4 is 0 Å². The number of para-hydroxylation sites is 1. The summed E-state index contributed by atoms with van der Waals surface area (Å²) >= 11 is 0. The van der Waals surface area contributed by atoms with E-state index in [1.165, 1.54) is 0 Å². The smallest absolute Gasteiger partial charge is 0.269 e. The number of carbonyl (C=O) groups is 1. The lowest BCUT2D eigenvalue weighted by molar-refractivity contribution is -0.112. The molecule has 1 aromatic heterocycles. The van der Waals surface area contributed by atoms with Crippen molar-refractivity contribution in [3.63, 3.8) is 0 Å². The highest BCUT2D eigenvalue weighted by molar-refractivity contribution is 7.91. The first-order chi connectivity index (χ1) is 11.0. The molecule has 0 N–H and O–H groups in total. The van der Waals surface area contributed by atoms with Crippen molar-refractivity contribution in [2.45, 2.75) is 6.92 Å². The van der Waals surface area contributed by atoms with Crippen LogP contribution in [-0.2, 0) is 14.7 Å². The molecule has 1 fully saturated rings. The topological polar surface area (TPSA) is 94.4 Å². The first-order valence-corrected chi connectivity index (χ1v) is 8.93. The molecule has 1 aliphatic rings. The molecular formula is C14H16N4O4S. The lowest BCUT2D eigenvalue weighted by Gasteiger charge is -2.16. The summed E-state index contributed by atoms with van der Waals surface area (Å²) in [4.78, 5) is 21.8. The molecule has 0 atom stereocenters. The van der Waals surface area contributed by atoms with Crippen molar-refractivity contribution in [3.05, 3.63) is 42.0 Å². The summed E-state index contributed by atoms with van der Waals surface area (Å²) in [5, 5.41) is 5.23. The lowest BCUT2D eigenvalue weighted by atomic mass is 10.3. The van der Waals surface area contributed by atoms with E-state index in [1.807, 2.05) is 30.3 Å². The Labute approximate surface area is 133 Å². The predicted octanol–water partition coefficient (Wildman–Crippen LogP) is 0.378. The largest absolute Gasteiger partial charge is 0.317 e. The zero-order valence-corrected chi connectivity index (χ0v) is 13.4. The number of sulfone groups is 1. The first kappa shape index (κ1) is 15.6. The highest BCUT2D eigenvalue weighted by Crippen LogP contribution is 2.11. The Balaban J connectivity index is 1.83. The van der Waals surface area contributed by atoms with Crippen LogP contribution in [0.15, 0.2) is 30.3 Å². The Hall–Kier alpha value is -2.26. The van der Waals surface area contributed by atoms with E-state index >= 15 is 0 Å². The Morgan fingerprint density at radius 1 is 1.22 bits per heavy atom. The minimum atomic E-state index is -3.18. The maximum Gasteiger partial charge on any atom is 0.317 e. The van der Waals surface area contributed by atoms with Crippen molar-refractivity contribution < 1.29 is 18.0 Å². The van der Waals surface area contributed by atoms with E-state index in [2.05, 4.69) is 10.1 Å². The average Bonchev–Trinajstić information content (AvgIpc) is 2.82. The zero-order chi connectivity index (χ0) is 16.4. The van der Waals surface area contributed by atoms with Gasteiger partial charge in [-0.2, -0.15) is 0 Å². The fourth-order valence-corrected chi connectivity index (χ4v) is 3.21. The number of hydrogen-bond donors (Lipinski definition) is 0. The summed E-state index contributed by atoms with van der Waals surface area (Å²) < 4.78 is 24.7. The number of carbonyl (C=O) groups excluding carboxylic acids is 1. The zero-order valence-electron chi connectivity index (χ0n) is 12.5. The molecule has 1 aliphatic heterocycles. The summed E-state index contributed by atoms with van der Waals surface area (Å²) in [7, 11) is -3.18. The third-order valence-electron chi connectivity index (χ3n) is 3.43. The van der Waals surface area contributed by atoms with Gasteiger partial charge < -0.3 is 0 Å². The van der Waals surface area contributed by atoms with Gasteiger partial charge in [0.05, 0.1) is 30.3 Å². The van der Waals surface area contributed by atoms with Crippen LogP contribution in [0.5, 0.6) is 0 Å². The van der Waals surface area contributed by atoms with Crippen molar-refractivity contribution in [1.29, 1.82) is 0 Å². The molecule has 0 unspecified atom stereocenters. The maximum absolute atomic E-state index is 12.4. The van der Waals surface area contributed by atoms with E-state index < -0.39 is 15.7 Å². The second-order valence-electron chi connectivity index (χ2n) is 5.12. The van der Waals surface area contributed by atoms with Gasteiger partial charge in [-0.05, 0) is 19.1 Å². The minimum Gasteiger partial charge on any atom is -0.269 e.